The summed E-state index contributed by atoms with van der Waals surface area (Å²) in [6.07, 6.45) is 2.28. The lowest BCUT2D eigenvalue weighted by atomic mass is 10.1. The molecule has 0 fully saturated rings. The van der Waals surface area contributed by atoms with Gasteiger partial charge in [0.1, 0.15) is 11.4 Å². The highest BCUT2D eigenvalue weighted by atomic mass is 16.5. The Bertz CT molecular complexity index is 563. The Morgan fingerprint density at radius 3 is 3.00 bits per heavy atom. The Kier molecular flexibility index (Phi) is 4.18. The molecule has 5 heteroatoms. The molecular formula is C14H17N3O2. The minimum atomic E-state index is -0.151. The number of methoxy groups -OCH3 is 1. The van der Waals surface area contributed by atoms with Gasteiger partial charge >= 0.3 is 0 Å². The molecule has 0 saturated heterocycles. The Labute approximate surface area is 112 Å². The zero-order valence-electron chi connectivity index (χ0n) is 11.1. The lowest BCUT2D eigenvalue weighted by Gasteiger charge is -2.06. The van der Waals surface area contributed by atoms with Crippen LogP contribution in [0, 0.1) is 6.92 Å². The minimum absolute atomic E-state index is 0.151. The molecule has 0 aliphatic rings. The van der Waals surface area contributed by atoms with Crippen molar-refractivity contribution in [3.63, 3.8) is 0 Å². The molecule has 0 bridgehead atoms. The van der Waals surface area contributed by atoms with Crippen molar-refractivity contribution >= 4 is 5.91 Å². The number of rotatable bonds is 5. The number of amides is 1. The maximum Gasteiger partial charge on any atom is 0.271 e. The summed E-state index contributed by atoms with van der Waals surface area (Å²) >= 11 is 0. The molecule has 19 heavy (non-hydrogen) atoms. The summed E-state index contributed by atoms with van der Waals surface area (Å²) in [6.45, 7) is 2.39. The van der Waals surface area contributed by atoms with Crippen molar-refractivity contribution in [2.45, 2.75) is 13.3 Å². The molecule has 0 unspecified atom stereocenters. The second kappa shape index (κ2) is 6.04. The number of hydrogen-bond donors (Lipinski definition) is 2. The van der Waals surface area contributed by atoms with E-state index in [9.17, 15) is 4.79 Å². The highest BCUT2D eigenvalue weighted by Crippen LogP contribution is 2.12. The van der Waals surface area contributed by atoms with Gasteiger partial charge in [0.2, 0.25) is 0 Å². The predicted octanol–water partition coefficient (Wildman–Crippen LogP) is 1.70. The van der Waals surface area contributed by atoms with Crippen molar-refractivity contribution in [1.82, 2.24) is 15.3 Å². The smallest absolute Gasteiger partial charge is 0.271 e. The third-order valence-corrected chi connectivity index (χ3v) is 2.88. The highest BCUT2D eigenvalue weighted by molar-refractivity contribution is 5.93. The van der Waals surface area contributed by atoms with Crippen LogP contribution in [0.4, 0.5) is 0 Å². The monoisotopic (exact) mass is 259 g/mol. The number of carbonyl (C=O) groups excluding carboxylic acids is 1. The van der Waals surface area contributed by atoms with E-state index < -0.39 is 0 Å². The molecule has 0 aliphatic carbocycles. The third kappa shape index (κ3) is 3.34. The lowest BCUT2D eigenvalue weighted by molar-refractivity contribution is 0.0949. The molecule has 2 rings (SSSR count). The number of nitrogens with one attached hydrogen (secondary N) is 2. The van der Waals surface area contributed by atoms with Gasteiger partial charge in [-0.2, -0.15) is 0 Å². The lowest BCUT2D eigenvalue weighted by Crippen LogP contribution is -2.26. The number of hydrogen-bond acceptors (Lipinski definition) is 3. The van der Waals surface area contributed by atoms with Crippen molar-refractivity contribution in [1.29, 1.82) is 0 Å². The van der Waals surface area contributed by atoms with Gasteiger partial charge in [-0.25, -0.2) is 4.98 Å². The molecule has 0 saturated carbocycles. The van der Waals surface area contributed by atoms with Crippen LogP contribution in [0.1, 0.15) is 21.7 Å². The molecule has 1 aromatic carbocycles. The quantitative estimate of drug-likeness (QED) is 0.858. The van der Waals surface area contributed by atoms with Gasteiger partial charge in [-0.15, -0.1) is 0 Å². The van der Waals surface area contributed by atoms with E-state index in [0.717, 1.165) is 23.4 Å². The Hall–Kier alpha value is -2.30. The Balaban J connectivity index is 1.86. The van der Waals surface area contributed by atoms with Gasteiger partial charge in [0.15, 0.2) is 0 Å². The number of aromatic nitrogens is 2. The number of nitrogens with zero attached hydrogens (tertiary/aromatic N) is 1. The molecule has 1 heterocycles. The second-order valence-electron chi connectivity index (χ2n) is 4.23. The standard InChI is InChI=1S/C14H17N3O2/c1-10-13(17-9-16-10)14(18)15-7-6-11-4-3-5-12(8-11)19-2/h3-5,8-9H,6-7H2,1-2H3,(H,15,18)(H,16,17). The van der Waals surface area contributed by atoms with Gasteiger partial charge in [0.05, 0.1) is 13.4 Å². The van der Waals surface area contributed by atoms with Crippen LogP contribution in [0.25, 0.3) is 0 Å². The van der Waals surface area contributed by atoms with Gasteiger partial charge < -0.3 is 15.0 Å². The first-order valence-electron chi connectivity index (χ1n) is 6.12. The van der Waals surface area contributed by atoms with E-state index in [2.05, 4.69) is 15.3 Å². The molecule has 1 aromatic heterocycles. The van der Waals surface area contributed by atoms with Crippen molar-refractivity contribution < 1.29 is 9.53 Å². The van der Waals surface area contributed by atoms with E-state index >= 15 is 0 Å². The minimum Gasteiger partial charge on any atom is -0.497 e. The molecule has 0 spiro atoms. The fourth-order valence-electron chi connectivity index (χ4n) is 1.82. The first-order valence-corrected chi connectivity index (χ1v) is 6.12. The van der Waals surface area contributed by atoms with Crippen molar-refractivity contribution in [2.75, 3.05) is 13.7 Å². The van der Waals surface area contributed by atoms with Crippen molar-refractivity contribution in [3.8, 4) is 5.75 Å². The number of H-pyrrole nitrogens is 1. The van der Waals surface area contributed by atoms with E-state index in [1.807, 2.05) is 31.2 Å². The summed E-state index contributed by atoms with van der Waals surface area (Å²) in [5.74, 6) is 0.675. The van der Waals surface area contributed by atoms with E-state index in [0.29, 0.717) is 12.2 Å². The van der Waals surface area contributed by atoms with E-state index in [-0.39, 0.29) is 5.91 Å². The topological polar surface area (TPSA) is 67.0 Å². The van der Waals surface area contributed by atoms with Crippen LogP contribution in [-0.2, 0) is 6.42 Å². The van der Waals surface area contributed by atoms with E-state index in [4.69, 9.17) is 4.74 Å². The van der Waals surface area contributed by atoms with E-state index in [1.165, 1.54) is 6.33 Å². The van der Waals surface area contributed by atoms with Crippen LogP contribution in [0.3, 0.4) is 0 Å². The second-order valence-corrected chi connectivity index (χ2v) is 4.23. The highest BCUT2D eigenvalue weighted by Gasteiger charge is 2.10. The molecule has 1 amide bonds. The van der Waals surface area contributed by atoms with Gasteiger partial charge in [0.25, 0.3) is 5.91 Å². The number of aromatic amines is 1. The number of aryl methyl sites for hydroxylation is 1. The fraction of sp³-hybridized carbons (Fsp3) is 0.286. The van der Waals surface area contributed by atoms with Crippen molar-refractivity contribution in [3.05, 3.63) is 47.5 Å². The van der Waals surface area contributed by atoms with Crippen LogP contribution in [0.15, 0.2) is 30.6 Å². The molecule has 2 N–H and O–H groups in total. The molecule has 0 atom stereocenters. The predicted molar refractivity (Wildman–Crippen MR) is 72.4 cm³/mol. The summed E-state index contributed by atoms with van der Waals surface area (Å²) in [4.78, 5) is 18.7. The van der Waals surface area contributed by atoms with Gasteiger partial charge in [-0.05, 0) is 31.0 Å². The molecular weight excluding hydrogens is 242 g/mol. The van der Waals surface area contributed by atoms with Gasteiger partial charge in [-0.1, -0.05) is 12.1 Å². The van der Waals surface area contributed by atoms with Crippen LogP contribution in [0.2, 0.25) is 0 Å². The summed E-state index contributed by atoms with van der Waals surface area (Å²) in [5.41, 5.74) is 2.35. The van der Waals surface area contributed by atoms with Crippen LogP contribution in [-0.4, -0.2) is 29.5 Å². The number of benzene rings is 1. The number of imidazole rings is 1. The SMILES string of the molecule is COc1cccc(CCNC(=O)c2nc[nH]c2C)c1. The van der Waals surface area contributed by atoms with Gasteiger partial charge in [0, 0.05) is 12.2 Å². The van der Waals surface area contributed by atoms with Crippen LogP contribution in [0.5, 0.6) is 5.75 Å². The largest absolute Gasteiger partial charge is 0.497 e. The summed E-state index contributed by atoms with van der Waals surface area (Å²) in [6, 6.07) is 7.81. The molecule has 100 valence electrons. The third-order valence-electron chi connectivity index (χ3n) is 2.88. The normalized spacial score (nSPS) is 10.2. The zero-order valence-corrected chi connectivity index (χ0v) is 11.1. The van der Waals surface area contributed by atoms with Crippen LogP contribution >= 0.6 is 0 Å². The average molecular weight is 259 g/mol. The summed E-state index contributed by atoms with van der Waals surface area (Å²) in [5, 5.41) is 2.85. The number of carbonyl (C=O) groups is 1. The average Bonchev–Trinajstić information content (AvgIpc) is 2.85. The van der Waals surface area contributed by atoms with Gasteiger partial charge in [-0.3, -0.25) is 4.79 Å². The van der Waals surface area contributed by atoms with Crippen LogP contribution < -0.4 is 10.1 Å². The zero-order chi connectivity index (χ0) is 13.7. The maximum atomic E-state index is 11.8. The summed E-state index contributed by atoms with van der Waals surface area (Å²) in [7, 11) is 1.64. The molecule has 0 radical (unpaired) electrons. The Morgan fingerprint density at radius 1 is 1.47 bits per heavy atom. The van der Waals surface area contributed by atoms with Crippen molar-refractivity contribution in [2.24, 2.45) is 0 Å². The molecule has 2 aromatic rings. The molecule has 0 aliphatic heterocycles. The maximum absolute atomic E-state index is 11.8. The molecule has 5 nitrogen and oxygen atoms in total. The first kappa shape index (κ1) is 13.1. The first-order chi connectivity index (χ1) is 9.20. The summed E-state index contributed by atoms with van der Waals surface area (Å²) < 4.78 is 5.16. The number of ether oxygens (including phenoxy) is 1. The Morgan fingerprint density at radius 2 is 2.32 bits per heavy atom. The fourth-order valence-corrected chi connectivity index (χ4v) is 1.82. The van der Waals surface area contributed by atoms with E-state index in [1.54, 1.807) is 7.11 Å².